The van der Waals surface area contributed by atoms with Crippen molar-refractivity contribution in [2.45, 2.75) is 80.1 Å². The lowest BCUT2D eigenvalue weighted by molar-refractivity contribution is -0.832. The minimum atomic E-state index is -4.31. The van der Waals surface area contributed by atoms with Gasteiger partial charge in [0.15, 0.2) is 0 Å². The Kier molecular flexibility index (Phi) is 11.7. The summed E-state index contributed by atoms with van der Waals surface area (Å²) < 4.78 is 51.3. The maximum atomic E-state index is 12.8. The quantitative estimate of drug-likeness (QED) is 0.130. The number of allylic oxidation sites excluding steroid dienone is 2. The molecule has 1 fully saturated rings. The molecule has 1 aliphatic heterocycles. The van der Waals surface area contributed by atoms with Crippen molar-refractivity contribution in [3.63, 3.8) is 0 Å². The van der Waals surface area contributed by atoms with Crippen LogP contribution in [-0.2, 0) is 38.4 Å². The second kappa shape index (κ2) is 15.7. The van der Waals surface area contributed by atoms with E-state index in [9.17, 15) is 33.1 Å². The molecule has 2 heterocycles. The number of cyclic esters (lactones) is 1. The van der Waals surface area contributed by atoms with E-state index >= 15 is 0 Å². The van der Waals surface area contributed by atoms with Crippen LogP contribution in [-0.4, -0.2) is 68.1 Å². The summed E-state index contributed by atoms with van der Waals surface area (Å²) in [5.74, 6) is -2.95. The van der Waals surface area contributed by atoms with Gasteiger partial charge >= 0.3 is 28.8 Å². The number of fused-ring (bicyclic) bond motifs is 1. The number of sulfone groups is 1. The topological polar surface area (TPSA) is 195 Å². The van der Waals surface area contributed by atoms with E-state index in [0.717, 1.165) is 12.8 Å². The molecule has 5 atom stereocenters. The molecule has 0 spiro atoms. The first-order valence-electron chi connectivity index (χ1n) is 14.7. The number of carbonyl (C=O) groups excluding carboxylic acids is 3. The van der Waals surface area contributed by atoms with Gasteiger partial charge < -0.3 is 29.3 Å². The summed E-state index contributed by atoms with van der Waals surface area (Å²) in [7, 11) is -4.31. The third-order valence-electron chi connectivity index (χ3n) is 7.41. The fourth-order valence-corrected chi connectivity index (χ4v) is 6.52. The van der Waals surface area contributed by atoms with Crippen LogP contribution in [0, 0.1) is 17.0 Å². The SMILES string of the molecule is C[C@H]1CCC/C=C/[C@@H]2C[C@H](O)C[C@H]2[C@H](OC(=O)CCC(=O)OCCOc2no[n+]([O-])c2S(=O)(=O)c2ccccc2)/C=C/C(=O)O1. The monoisotopic (exact) mass is 648 g/mol. The summed E-state index contributed by atoms with van der Waals surface area (Å²) in [6, 6.07) is 7.15. The summed E-state index contributed by atoms with van der Waals surface area (Å²) in [4.78, 5) is 36.8. The molecule has 2 aromatic rings. The molecule has 0 bridgehead atoms. The van der Waals surface area contributed by atoms with Gasteiger partial charge in [-0.05, 0) is 68.1 Å². The molecule has 0 radical (unpaired) electrons. The maximum Gasteiger partial charge on any atom is 0.415 e. The fourth-order valence-electron chi connectivity index (χ4n) is 5.23. The number of rotatable bonds is 10. The molecule has 0 unspecified atom stereocenters. The molecule has 4 rings (SSSR count). The van der Waals surface area contributed by atoms with Gasteiger partial charge in [-0.3, -0.25) is 14.2 Å². The smallest absolute Gasteiger partial charge is 0.415 e. The third kappa shape index (κ3) is 9.38. The Morgan fingerprint density at radius 1 is 1.11 bits per heavy atom. The number of hydrogen-bond acceptors (Lipinski definition) is 13. The number of hydrogen-bond donors (Lipinski definition) is 1. The highest BCUT2D eigenvalue weighted by atomic mass is 32.2. The molecule has 1 saturated carbocycles. The number of benzene rings is 1. The van der Waals surface area contributed by atoms with E-state index in [-0.39, 0.29) is 53.8 Å². The first-order valence-corrected chi connectivity index (χ1v) is 16.1. The van der Waals surface area contributed by atoms with Gasteiger partial charge in [-0.2, -0.15) is 0 Å². The Labute approximate surface area is 260 Å². The van der Waals surface area contributed by atoms with Crippen molar-refractivity contribution in [1.29, 1.82) is 0 Å². The van der Waals surface area contributed by atoms with Gasteiger partial charge in [-0.1, -0.05) is 30.4 Å². The van der Waals surface area contributed by atoms with Gasteiger partial charge in [0.05, 0.1) is 35.1 Å². The molecule has 1 aromatic heterocycles. The summed E-state index contributed by atoms with van der Waals surface area (Å²) in [6.07, 6.45) is 7.64. The van der Waals surface area contributed by atoms with Crippen LogP contribution >= 0.6 is 0 Å². The van der Waals surface area contributed by atoms with E-state index in [1.165, 1.54) is 36.4 Å². The van der Waals surface area contributed by atoms with Crippen LogP contribution in [0.25, 0.3) is 0 Å². The van der Waals surface area contributed by atoms with Gasteiger partial charge in [0.25, 0.3) is 9.84 Å². The zero-order valence-corrected chi connectivity index (χ0v) is 25.5. The van der Waals surface area contributed by atoms with Crippen LogP contribution in [0.15, 0.2) is 69.2 Å². The Hall–Kier alpha value is -4.24. The lowest BCUT2D eigenvalue weighted by Crippen LogP contribution is -2.31. The van der Waals surface area contributed by atoms with E-state index < -0.39 is 50.9 Å². The van der Waals surface area contributed by atoms with Crippen molar-refractivity contribution >= 4 is 27.7 Å². The fraction of sp³-hybridized carbons (Fsp3) is 0.500. The van der Waals surface area contributed by atoms with Crippen LogP contribution in [0.3, 0.4) is 0 Å². The molecular weight excluding hydrogens is 612 g/mol. The van der Waals surface area contributed by atoms with Crippen molar-refractivity contribution in [3.8, 4) is 5.88 Å². The summed E-state index contributed by atoms with van der Waals surface area (Å²) in [5.41, 5.74) is 0. The normalized spacial score (nSPS) is 25.4. The Bertz CT molecular complexity index is 1490. The van der Waals surface area contributed by atoms with E-state index in [4.69, 9.17) is 18.9 Å². The average Bonchev–Trinajstić information content (AvgIpc) is 3.57. The van der Waals surface area contributed by atoms with Crippen molar-refractivity contribution in [2.75, 3.05) is 13.2 Å². The van der Waals surface area contributed by atoms with E-state index in [1.807, 2.05) is 19.1 Å². The number of aliphatic hydroxyl groups excluding tert-OH is 1. The average molecular weight is 649 g/mol. The lowest BCUT2D eigenvalue weighted by atomic mass is 9.89. The minimum absolute atomic E-state index is 0.0642. The minimum Gasteiger partial charge on any atom is -0.462 e. The molecule has 0 saturated heterocycles. The Morgan fingerprint density at radius 2 is 1.87 bits per heavy atom. The van der Waals surface area contributed by atoms with Crippen molar-refractivity contribution in [1.82, 2.24) is 5.16 Å². The first kappa shape index (κ1) is 33.6. The van der Waals surface area contributed by atoms with Crippen LogP contribution in [0.1, 0.15) is 51.9 Å². The second-order valence-electron chi connectivity index (χ2n) is 10.8. The molecule has 45 heavy (non-hydrogen) atoms. The number of ether oxygens (including phenoxy) is 4. The summed E-state index contributed by atoms with van der Waals surface area (Å²) >= 11 is 0. The van der Waals surface area contributed by atoms with Crippen LogP contribution in [0.4, 0.5) is 0 Å². The zero-order valence-electron chi connectivity index (χ0n) is 24.7. The maximum absolute atomic E-state index is 12.8. The Balaban J connectivity index is 1.28. The molecule has 1 aromatic carbocycles. The molecule has 0 amide bonds. The number of aliphatic hydroxyl groups is 1. The molecule has 1 N–H and O–H groups in total. The first-order chi connectivity index (χ1) is 21.5. The molecule has 1 aliphatic carbocycles. The van der Waals surface area contributed by atoms with Crippen LogP contribution in [0.5, 0.6) is 5.88 Å². The van der Waals surface area contributed by atoms with Gasteiger partial charge in [-0.15, -0.1) is 0 Å². The highest BCUT2D eigenvalue weighted by molar-refractivity contribution is 7.91. The van der Waals surface area contributed by atoms with Gasteiger partial charge in [-0.25, -0.2) is 13.2 Å². The van der Waals surface area contributed by atoms with Crippen LogP contribution < -0.4 is 9.64 Å². The highest BCUT2D eigenvalue weighted by Crippen LogP contribution is 2.37. The molecule has 244 valence electrons. The van der Waals surface area contributed by atoms with Crippen molar-refractivity contribution < 1.29 is 56.4 Å². The standard InChI is InChI=1S/C30H36N2O12S/c1-20-8-4-2-5-9-21-18-22(33)19-24(21)25(12-13-27(35)42-20)43-28(36)15-14-26(34)40-16-17-41-29-30(32(37)44-31-29)45(38,39)23-10-6-3-7-11-23/h3,5-7,9-13,20-22,24-25,33H,2,4,8,14-19H2,1H3/b9-5+,13-12+/t20-,21+,22-,24+,25+/m0/s1. The predicted molar refractivity (Wildman–Crippen MR) is 153 cm³/mol. The largest absolute Gasteiger partial charge is 0.462 e. The number of aromatic nitrogens is 2. The second-order valence-corrected chi connectivity index (χ2v) is 12.7. The summed E-state index contributed by atoms with van der Waals surface area (Å²) in [5, 5.41) is 24.8. The van der Waals surface area contributed by atoms with E-state index in [2.05, 4.69) is 9.79 Å². The van der Waals surface area contributed by atoms with Crippen LogP contribution in [0.2, 0.25) is 0 Å². The van der Waals surface area contributed by atoms with E-state index in [1.54, 1.807) is 6.07 Å². The molecule has 14 nitrogen and oxygen atoms in total. The zero-order chi connectivity index (χ0) is 32.4. The predicted octanol–water partition coefficient (Wildman–Crippen LogP) is 2.37. The summed E-state index contributed by atoms with van der Waals surface area (Å²) in [6.45, 7) is 1.11. The van der Waals surface area contributed by atoms with E-state index in [0.29, 0.717) is 19.3 Å². The molecule has 2 aliphatic rings. The number of nitrogens with zero attached hydrogens (tertiary/aromatic N) is 2. The molecular formula is C30H36N2O12S. The number of carbonyl (C=O) groups is 3. The highest BCUT2D eigenvalue weighted by Gasteiger charge is 2.38. The van der Waals surface area contributed by atoms with Gasteiger partial charge in [0, 0.05) is 12.0 Å². The molecule has 15 heteroatoms. The van der Waals surface area contributed by atoms with Gasteiger partial charge in [0.1, 0.15) is 19.3 Å². The lowest BCUT2D eigenvalue weighted by Gasteiger charge is -2.24. The number of esters is 3. The van der Waals surface area contributed by atoms with Crippen molar-refractivity contribution in [3.05, 3.63) is 59.8 Å². The third-order valence-corrected chi connectivity index (χ3v) is 9.13. The van der Waals surface area contributed by atoms with Gasteiger partial charge in [0.2, 0.25) is 0 Å². The Morgan fingerprint density at radius 3 is 2.64 bits per heavy atom. The van der Waals surface area contributed by atoms with Crippen molar-refractivity contribution in [2.24, 2.45) is 11.8 Å².